The molecule has 0 saturated carbocycles. The zero-order valence-electron chi connectivity index (χ0n) is 11.8. The molecule has 1 N–H and O–H groups in total. The van der Waals surface area contributed by atoms with Crippen LogP contribution in [0.3, 0.4) is 0 Å². The first-order chi connectivity index (χ1) is 7.82. The number of hydrogen-bond donors (Lipinski definition) is 1. The maximum absolute atomic E-state index is 11.1. The third kappa shape index (κ3) is 6.03. The number of hydrogen-bond acceptors (Lipinski definition) is 3. The Morgan fingerprint density at radius 1 is 1.35 bits per heavy atom. The van der Waals surface area contributed by atoms with E-state index in [1.165, 1.54) is 0 Å². The molecule has 0 atom stereocenters. The van der Waals surface area contributed by atoms with Crippen molar-refractivity contribution in [3.8, 4) is 0 Å². The fourth-order valence-electron chi connectivity index (χ4n) is 1.56. The molecule has 102 valence electrons. The fourth-order valence-corrected chi connectivity index (χ4v) is 1.56. The Hall–Kier alpha value is -0.610. The van der Waals surface area contributed by atoms with Gasteiger partial charge in [-0.05, 0) is 32.7 Å². The van der Waals surface area contributed by atoms with E-state index in [1.54, 1.807) is 13.8 Å². The van der Waals surface area contributed by atoms with E-state index < -0.39 is 11.5 Å². The maximum Gasteiger partial charge on any atom is 0.323 e. The number of carboxylic acid groups (broad SMARTS) is 1. The topological polar surface area (TPSA) is 49.8 Å². The van der Waals surface area contributed by atoms with E-state index in [-0.39, 0.29) is 0 Å². The highest BCUT2D eigenvalue weighted by atomic mass is 16.5. The molecule has 0 heterocycles. The standard InChI is InChI=1S/C13H27NO3/c1-6-14(13(4,5)12(15)16)8-10-17-9-7-11(2)3/h11H,6-10H2,1-5H3,(H,15,16). The van der Waals surface area contributed by atoms with E-state index in [0.29, 0.717) is 25.6 Å². The number of likely N-dealkylation sites (N-methyl/N-ethyl adjacent to an activating group) is 1. The van der Waals surface area contributed by atoms with E-state index in [2.05, 4.69) is 13.8 Å². The predicted molar refractivity (Wildman–Crippen MR) is 69.2 cm³/mol. The van der Waals surface area contributed by atoms with Gasteiger partial charge in [-0.25, -0.2) is 0 Å². The summed E-state index contributed by atoms with van der Waals surface area (Å²) in [5.74, 6) is -0.144. The second-order valence-corrected chi connectivity index (χ2v) is 5.24. The predicted octanol–water partition coefficient (Wildman–Crippen LogP) is 2.23. The molecule has 0 aliphatic heterocycles. The molecule has 0 aromatic carbocycles. The summed E-state index contributed by atoms with van der Waals surface area (Å²) in [4.78, 5) is 13.0. The Kier molecular flexibility index (Phi) is 7.39. The molecule has 4 nitrogen and oxygen atoms in total. The molecule has 0 aromatic rings. The fraction of sp³-hybridized carbons (Fsp3) is 0.923. The van der Waals surface area contributed by atoms with Crippen LogP contribution in [0.25, 0.3) is 0 Å². The molecule has 17 heavy (non-hydrogen) atoms. The average Bonchev–Trinajstić information content (AvgIpc) is 2.22. The lowest BCUT2D eigenvalue weighted by atomic mass is 10.0. The van der Waals surface area contributed by atoms with E-state index in [1.807, 2.05) is 11.8 Å². The third-order valence-electron chi connectivity index (χ3n) is 3.04. The molecule has 0 aliphatic rings. The van der Waals surface area contributed by atoms with E-state index in [4.69, 9.17) is 9.84 Å². The van der Waals surface area contributed by atoms with Crippen LogP contribution in [-0.2, 0) is 9.53 Å². The monoisotopic (exact) mass is 245 g/mol. The van der Waals surface area contributed by atoms with Crippen LogP contribution in [-0.4, -0.2) is 47.8 Å². The zero-order valence-corrected chi connectivity index (χ0v) is 11.8. The third-order valence-corrected chi connectivity index (χ3v) is 3.04. The first-order valence-corrected chi connectivity index (χ1v) is 6.38. The summed E-state index contributed by atoms with van der Waals surface area (Å²) in [7, 11) is 0. The highest BCUT2D eigenvalue weighted by Gasteiger charge is 2.33. The van der Waals surface area contributed by atoms with Crippen LogP contribution in [0.5, 0.6) is 0 Å². The van der Waals surface area contributed by atoms with Gasteiger partial charge < -0.3 is 9.84 Å². The molecule has 0 aliphatic carbocycles. The summed E-state index contributed by atoms with van der Waals surface area (Å²) in [5.41, 5.74) is -0.823. The van der Waals surface area contributed by atoms with Crippen molar-refractivity contribution in [2.24, 2.45) is 5.92 Å². The Morgan fingerprint density at radius 2 is 1.94 bits per heavy atom. The van der Waals surface area contributed by atoms with Gasteiger partial charge in [-0.15, -0.1) is 0 Å². The van der Waals surface area contributed by atoms with Gasteiger partial charge in [0.2, 0.25) is 0 Å². The first kappa shape index (κ1) is 16.4. The van der Waals surface area contributed by atoms with Crippen molar-refractivity contribution in [3.05, 3.63) is 0 Å². The second-order valence-electron chi connectivity index (χ2n) is 5.24. The van der Waals surface area contributed by atoms with Crippen molar-refractivity contribution in [1.82, 2.24) is 4.90 Å². The molecule has 0 aromatic heterocycles. The van der Waals surface area contributed by atoms with Crippen LogP contribution in [0.15, 0.2) is 0 Å². The highest BCUT2D eigenvalue weighted by Crippen LogP contribution is 2.13. The van der Waals surface area contributed by atoms with Crippen molar-refractivity contribution in [1.29, 1.82) is 0 Å². The average molecular weight is 245 g/mol. The van der Waals surface area contributed by atoms with E-state index in [0.717, 1.165) is 13.0 Å². The van der Waals surface area contributed by atoms with Crippen molar-refractivity contribution >= 4 is 5.97 Å². The van der Waals surface area contributed by atoms with Crippen LogP contribution in [0.2, 0.25) is 0 Å². The number of carbonyl (C=O) groups is 1. The smallest absolute Gasteiger partial charge is 0.323 e. The molecule has 0 unspecified atom stereocenters. The number of carboxylic acids is 1. The van der Waals surface area contributed by atoms with Crippen molar-refractivity contribution < 1.29 is 14.6 Å². The van der Waals surface area contributed by atoms with Crippen LogP contribution in [0.4, 0.5) is 0 Å². The van der Waals surface area contributed by atoms with Crippen molar-refractivity contribution in [2.75, 3.05) is 26.3 Å². The van der Waals surface area contributed by atoms with Gasteiger partial charge in [0.1, 0.15) is 5.54 Å². The quantitative estimate of drug-likeness (QED) is 0.633. The number of aliphatic carboxylic acids is 1. The van der Waals surface area contributed by atoms with Gasteiger partial charge in [0.25, 0.3) is 0 Å². The molecule has 0 amide bonds. The Labute approximate surface area is 105 Å². The Balaban J connectivity index is 3.95. The van der Waals surface area contributed by atoms with Gasteiger partial charge >= 0.3 is 5.97 Å². The molecule has 0 radical (unpaired) electrons. The molecule has 4 heteroatoms. The van der Waals surface area contributed by atoms with Crippen LogP contribution in [0.1, 0.15) is 41.0 Å². The van der Waals surface area contributed by atoms with Crippen LogP contribution >= 0.6 is 0 Å². The summed E-state index contributed by atoms with van der Waals surface area (Å²) >= 11 is 0. The molecular weight excluding hydrogens is 218 g/mol. The lowest BCUT2D eigenvalue weighted by Crippen LogP contribution is -2.51. The second kappa shape index (κ2) is 7.67. The minimum atomic E-state index is -0.823. The Morgan fingerprint density at radius 3 is 2.35 bits per heavy atom. The number of nitrogens with zero attached hydrogens (tertiary/aromatic N) is 1. The normalized spacial score (nSPS) is 12.4. The number of ether oxygens (including phenoxy) is 1. The molecule has 0 bridgehead atoms. The van der Waals surface area contributed by atoms with Gasteiger partial charge in [0.05, 0.1) is 6.61 Å². The van der Waals surface area contributed by atoms with Crippen LogP contribution in [0, 0.1) is 5.92 Å². The highest BCUT2D eigenvalue weighted by molar-refractivity contribution is 5.77. The summed E-state index contributed by atoms with van der Waals surface area (Å²) < 4.78 is 5.52. The largest absolute Gasteiger partial charge is 0.480 e. The lowest BCUT2D eigenvalue weighted by Gasteiger charge is -2.33. The molecule has 0 spiro atoms. The SMILES string of the molecule is CCN(CCOCCC(C)C)C(C)(C)C(=O)O. The van der Waals surface area contributed by atoms with Gasteiger partial charge in [0, 0.05) is 13.2 Å². The summed E-state index contributed by atoms with van der Waals surface area (Å²) in [6.45, 7) is 12.5. The Bertz CT molecular complexity index is 227. The van der Waals surface area contributed by atoms with Gasteiger partial charge in [-0.1, -0.05) is 20.8 Å². The maximum atomic E-state index is 11.1. The zero-order chi connectivity index (χ0) is 13.5. The summed E-state index contributed by atoms with van der Waals surface area (Å²) in [6, 6.07) is 0. The first-order valence-electron chi connectivity index (χ1n) is 6.38. The van der Waals surface area contributed by atoms with Gasteiger partial charge in [-0.3, -0.25) is 9.69 Å². The minimum absolute atomic E-state index is 0.595. The van der Waals surface area contributed by atoms with Crippen molar-refractivity contribution in [2.45, 2.75) is 46.6 Å². The molecular formula is C13H27NO3. The summed E-state index contributed by atoms with van der Waals surface area (Å²) in [5, 5.41) is 9.14. The van der Waals surface area contributed by atoms with Gasteiger partial charge in [0.15, 0.2) is 0 Å². The minimum Gasteiger partial charge on any atom is -0.480 e. The molecule has 0 saturated heterocycles. The van der Waals surface area contributed by atoms with Crippen LogP contribution < -0.4 is 0 Å². The number of rotatable bonds is 9. The van der Waals surface area contributed by atoms with Gasteiger partial charge in [-0.2, -0.15) is 0 Å². The molecule has 0 rings (SSSR count). The molecule has 0 fully saturated rings. The summed E-state index contributed by atoms with van der Waals surface area (Å²) in [6.07, 6.45) is 1.05. The van der Waals surface area contributed by atoms with Crippen molar-refractivity contribution in [3.63, 3.8) is 0 Å². The lowest BCUT2D eigenvalue weighted by molar-refractivity contribution is -0.149. The van der Waals surface area contributed by atoms with E-state index in [9.17, 15) is 4.79 Å². The van der Waals surface area contributed by atoms with E-state index >= 15 is 0 Å².